The van der Waals surface area contributed by atoms with Crippen molar-refractivity contribution < 1.29 is 9.53 Å². The highest BCUT2D eigenvalue weighted by atomic mass is 16.5. The van der Waals surface area contributed by atoms with Gasteiger partial charge in [-0.1, -0.05) is 71.9 Å². The molecule has 1 aromatic rings. The Labute approximate surface area is 122 Å². The predicted molar refractivity (Wildman–Crippen MR) is 83.2 cm³/mol. The second kappa shape index (κ2) is 6.21. The third kappa shape index (κ3) is 5.55. The maximum absolute atomic E-state index is 11.9. The smallest absolute Gasteiger partial charge is 0.433 e. The van der Waals surface area contributed by atoms with Crippen LogP contribution < -0.4 is 0 Å². The third-order valence-electron chi connectivity index (χ3n) is 2.59. The van der Waals surface area contributed by atoms with Crippen molar-refractivity contribution >= 4 is 11.8 Å². The molecule has 0 spiro atoms. The monoisotopic (exact) mass is 275 g/mol. The van der Waals surface area contributed by atoms with Crippen LogP contribution in [-0.4, -0.2) is 18.4 Å². The molecule has 3 heteroatoms. The number of carbonyl (C=O) groups excluding carboxylic acids is 1. The van der Waals surface area contributed by atoms with E-state index in [1.165, 1.54) is 0 Å². The van der Waals surface area contributed by atoms with E-state index in [1.807, 2.05) is 71.9 Å². The molecule has 0 atom stereocenters. The number of benzene rings is 1. The Kier molecular flexibility index (Phi) is 5.09. The lowest BCUT2D eigenvalue weighted by molar-refractivity contribution is 0.115. The Morgan fingerprint density at radius 1 is 1.05 bits per heavy atom. The average Bonchev–Trinajstić information content (AvgIpc) is 2.32. The van der Waals surface area contributed by atoms with E-state index in [4.69, 9.17) is 4.74 Å². The minimum Gasteiger partial charge on any atom is -0.447 e. The van der Waals surface area contributed by atoms with Gasteiger partial charge in [0, 0.05) is 5.41 Å². The lowest BCUT2D eigenvalue weighted by Gasteiger charge is -2.22. The molecule has 0 aliphatic rings. The van der Waals surface area contributed by atoms with E-state index in [2.05, 4.69) is 4.99 Å². The SMILES string of the molecule is CC(C)(C)COC(=O)/N=C(\c1ccccc1)C(C)(C)C. The molecule has 0 saturated heterocycles. The van der Waals surface area contributed by atoms with Crippen LogP contribution in [0.1, 0.15) is 47.1 Å². The van der Waals surface area contributed by atoms with Gasteiger partial charge in [-0.3, -0.25) is 0 Å². The van der Waals surface area contributed by atoms with E-state index in [0.717, 1.165) is 11.3 Å². The normalized spacial score (nSPS) is 13.2. The van der Waals surface area contributed by atoms with Crippen molar-refractivity contribution in [2.45, 2.75) is 41.5 Å². The molecule has 0 unspecified atom stereocenters. The van der Waals surface area contributed by atoms with E-state index in [9.17, 15) is 4.79 Å². The first-order valence-corrected chi connectivity index (χ1v) is 6.91. The second-order valence-corrected chi connectivity index (χ2v) is 7.19. The van der Waals surface area contributed by atoms with E-state index in [0.29, 0.717) is 6.61 Å². The largest absolute Gasteiger partial charge is 0.447 e. The highest BCUT2D eigenvalue weighted by Crippen LogP contribution is 2.22. The maximum atomic E-state index is 11.9. The number of ether oxygens (including phenoxy) is 1. The summed E-state index contributed by atoms with van der Waals surface area (Å²) in [5.41, 5.74) is 1.42. The Hall–Kier alpha value is -1.64. The predicted octanol–water partition coefficient (Wildman–Crippen LogP) is 4.70. The number of aliphatic imine (C=N–C) groups is 1. The molecule has 0 radical (unpaired) electrons. The Morgan fingerprint density at radius 2 is 1.60 bits per heavy atom. The van der Waals surface area contributed by atoms with Crippen LogP contribution in [0, 0.1) is 10.8 Å². The fourth-order valence-corrected chi connectivity index (χ4v) is 1.66. The lowest BCUT2D eigenvalue weighted by atomic mass is 9.85. The highest BCUT2D eigenvalue weighted by Gasteiger charge is 2.23. The second-order valence-electron chi connectivity index (χ2n) is 7.19. The van der Waals surface area contributed by atoms with Crippen molar-refractivity contribution in [2.24, 2.45) is 15.8 Å². The molecule has 0 aliphatic heterocycles. The van der Waals surface area contributed by atoms with Gasteiger partial charge in [-0.05, 0) is 11.0 Å². The molecule has 0 aliphatic carbocycles. The summed E-state index contributed by atoms with van der Waals surface area (Å²) in [4.78, 5) is 16.1. The number of amides is 1. The molecule has 0 saturated carbocycles. The minimum absolute atomic E-state index is 0.0557. The van der Waals surface area contributed by atoms with E-state index < -0.39 is 6.09 Å². The standard InChI is InChI=1S/C17H25NO2/c1-16(2,3)12-20-15(19)18-14(17(4,5)6)13-10-8-7-9-11-13/h7-11H,12H2,1-6H3/b18-14+. The molecular weight excluding hydrogens is 250 g/mol. The zero-order valence-electron chi connectivity index (χ0n) is 13.4. The highest BCUT2D eigenvalue weighted by molar-refractivity contribution is 6.08. The molecule has 110 valence electrons. The summed E-state index contributed by atoms with van der Waals surface area (Å²) < 4.78 is 5.23. The Balaban J connectivity index is 2.96. The van der Waals surface area contributed by atoms with Crippen molar-refractivity contribution in [3.8, 4) is 0 Å². The molecule has 3 nitrogen and oxygen atoms in total. The fraction of sp³-hybridized carbons (Fsp3) is 0.529. The molecule has 20 heavy (non-hydrogen) atoms. The minimum atomic E-state index is -0.520. The number of hydrogen-bond donors (Lipinski definition) is 0. The molecule has 0 fully saturated rings. The van der Waals surface area contributed by atoms with Gasteiger partial charge < -0.3 is 4.74 Å². The van der Waals surface area contributed by atoms with Crippen LogP contribution in [0.5, 0.6) is 0 Å². The molecule has 1 aromatic carbocycles. The summed E-state index contributed by atoms with van der Waals surface area (Å²) >= 11 is 0. The van der Waals surface area contributed by atoms with Crippen LogP contribution in [0.2, 0.25) is 0 Å². The number of rotatable bonds is 2. The summed E-state index contributed by atoms with van der Waals surface area (Å²) in [5.74, 6) is 0. The number of carbonyl (C=O) groups is 1. The zero-order chi connectivity index (χ0) is 15.4. The van der Waals surface area contributed by atoms with E-state index in [1.54, 1.807) is 0 Å². The average molecular weight is 275 g/mol. The van der Waals surface area contributed by atoms with Gasteiger partial charge in [-0.15, -0.1) is 0 Å². The van der Waals surface area contributed by atoms with Crippen LogP contribution >= 0.6 is 0 Å². The maximum Gasteiger partial charge on any atom is 0.433 e. The van der Waals surface area contributed by atoms with Gasteiger partial charge in [0.05, 0.1) is 12.3 Å². The Bertz CT molecular complexity index is 476. The molecule has 0 heterocycles. The van der Waals surface area contributed by atoms with Crippen LogP contribution in [0.3, 0.4) is 0 Å². The van der Waals surface area contributed by atoms with Gasteiger partial charge in [0.1, 0.15) is 0 Å². The first-order valence-electron chi connectivity index (χ1n) is 6.91. The van der Waals surface area contributed by atoms with E-state index >= 15 is 0 Å². The topological polar surface area (TPSA) is 38.7 Å². The van der Waals surface area contributed by atoms with Gasteiger partial charge in [0.25, 0.3) is 0 Å². The van der Waals surface area contributed by atoms with Gasteiger partial charge in [0.15, 0.2) is 0 Å². The zero-order valence-corrected chi connectivity index (χ0v) is 13.4. The van der Waals surface area contributed by atoms with Crippen molar-refractivity contribution in [1.82, 2.24) is 0 Å². The number of nitrogens with zero attached hydrogens (tertiary/aromatic N) is 1. The summed E-state index contributed by atoms with van der Waals surface area (Å²) in [5, 5.41) is 0. The van der Waals surface area contributed by atoms with Crippen LogP contribution in [0.4, 0.5) is 4.79 Å². The van der Waals surface area contributed by atoms with Crippen LogP contribution in [0.25, 0.3) is 0 Å². The van der Waals surface area contributed by atoms with Gasteiger partial charge >= 0.3 is 6.09 Å². The summed E-state index contributed by atoms with van der Waals surface area (Å²) in [6.07, 6.45) is -0.520. The first-order chi connectivity index (χ1) is 9.09. The summed E-state index contributed by atoms with van der Waals surface area (Å²) in [6, 6.07) is 9.75. The van der Waals surface area contributed by atoms with Gasteiger partial charge in [-0.25, -0.2) is 4.79 Å². The van der Waals surface area contributed by atoms with Crippen molar-refractivity contribution in [2.75, 3.05) is 6.61 Å². The van der Waals surface area contributed by atoms with Crippen molar-refractivity contribution in [3.63, 3.8) is 0 Å². The van der Waals surface area contributed by atoms with Gasteiger partial charge in [0.2, 0.25) is 0 Å². The summed E-state index contributed by atoms with van der Waals surface area (Å²) in [7, 11) is 0. The molecule has 1 amide bonds. The fourth-order valence-electron chi connectivity index (χ4n) is 1.66. The van der Waals surface area contributed by atoms with E-state index in [-0.39, 0.29) is 10.8 Å². The first kappa shape index (κ1) is 16.4. The van der Waals surface area contributed by atoms with Crippen LogP contribution in [-0.2, 0) is 4.74 Å². The lowest BCUT2D eigenvalue weighted by Crippen LogP contribution is -2.24. The molecule has 0 bridgehead atoms. The third-order valence-corrected chi connectivity index (χ3v) is 2.59. The van der Waals surface area contributed by atoms with Gasteiger partial charge in [-0.2, -0.15) is 4.99 Å². The quantitative estimate of drug-likeness (QED) is 0.733. The molecular formula is C17H25NO2. The van der Waals surface area contributed by atoms with Crippen LogP contribution in [0.15, 0.2) is 35.3 Å². The number of hydrogen-bond acceptors (Lipinski definition) is 2. The van der Waals surface area contributed by atoms with Crippen molar-refractivity contribution in [3.05, 3.63) is 35.9 Å². The van der Waals surface area contributed by atoms with Crippen molar-refractivity contribution in [1.29, 1.82) is 0 Å². The molecule has 0 aromatic heterocycles. The molecule has 0 N–H and O–H groups in total. The Morgan fingerprint density at radius 3 is 2.05 bits per heavy atom. The summed E-state index contributed by atoms with van der Waals surface area (Å²) in [6.45, 7) is 12.5. The molecule has 1 rings (SSSR count).